The normalized spacial score (nSPS) is 15.2. The molecule has 0 amide bonds. The second kappa shape index (κ2) is 4.73. The molecule has 0 saturated carbocycles. The Morgan fingerprint density at radius 1 is 1.25 bits per heavy atom. The van der Waals surface area contributed by atoms with Crippen molar-refractivity contribution in [3.63, 3.8) is 0 Å². The van der Waals surface area contributed by atoms with Crippen LogP contribution in [0.3, 0.4) is 0 Å². The Morgan fingerprint density at radius 3 is 2.08 bits per heavy atom. The van der Waals surface area contributed by atoms with Crippen molar-refractivity contribution in [1.29, 1.82) is 0 Å². The van der Waals surface area contributed by atoms with Crippen LogP contribution in [0.15, 0.2) is 0 Å². The molecule has 1 atom stereocenters. The molecule has 1 unspecified atom stereocenters. The smallest absolute Gasteiger partial charge is 0.243 e. The maximum Gasteiger partial charge on any atom is 0.243 e. The second-order valence-corrected chi connectivity index (χ2v) is 4.09. The molecule has 0 aromatic rings. The van der Waals surface area contributed by atoms with Gasteiger partial charge in [-0.05, 0) is 18.8 Å². The summed E-state index contributed by atoms with van der Waals surface area (Å²) in [6.07, 6.45) is -1.40. The Labute approximate surface area is 72.2 Å². The summed E-state index contributed by atoms with van der Waals surface area (Å²) in [7, 11) is 0. The largest absolute Gasteiger partial charge is 0.251 e. The van der Waals surface area contributed by atoms with Crippen LogP contribution in [-0.4, -0.2) is 13.1 Å². The summed E-state index contributed by atoms with van der Waals surface area (Å²) in [5.41, 5.74) is -0.969. The summed E-state index contributed by atoms with van der Waals surface area (Å²) in [4.78, 5) is 0. The van der Waals surface area contributed by atoms with Gasteiger partial charge in [0, 0.05) is 5.41 Å². The predicted molar refractivity (Wildman–Crippen MR) is 44.2 cm³/mol. The molecule has 0 aliphatic carbocycles. The van der Waals surface area contributed by atoms with E-state index in [0.717, 1.165) is 0 Å². The van der Waals surface area contributed by atoms with Crippen molar-refractivity contribution in [3.05, 3.63) is 0 Å². The lowest BCUT2D eigenvalue weighted by Gasteiger charge is -2.24. The molecular formula is C9H17F3. The van der Waals surface area contributed by atoms with Crippen molar-refractivity contribution in [1.82, 2.24) is 0 Å². The summed E-state index contributed by atoms with van der Waals surface area (Å²) < 4.78 is 36.5. The van der Waals surface area contributed by atoms with Crippen LogP contribution in [0.2, 0.25) is 0 Å². The molecule has 12 heavy (non-hydrogen) atoms. The Hall–Kier alpha value is -0.210. The standard InChI is InChI=1S/C9H17F3/c1-7(6-10)4-5-9(2,3)8(11)12/h7-8H,4-6H2,1-3H3. The first-order valence-electron chi connectivity index (χ1n) is 4.24. The first-order chi connectivity index (χ1) is 5.40. The van der Waals surface area contributed by atoms with E-state index in [9.17, 15) is 13.2 Å². The van der Waals surface area contributed by atoms with Crippen molar-refractivity contribution in [2.24, 2.45) is 11.3 Å². The lowest BCUT2D eigenvalue weighted by molar-refractivity contribution is 0.00991. The van der Waals surface area contributed by atoms with Crippen molar-refractivity contribution in [3.8, 4) is 0 Å². The number of halogens is 3. The summed E-state index contributed by atoms with van der Waals surface area (Å²) in [6, 6.07) is 0. The minimum Gasteiger partial charge on any atom is -0.251 e. The second-order valence-electron chi connectivity index (χ2n) is 4.09. The fourth-order valence-electron chi connectivity index (χ4n) is 0.805. The van der Waals surface area contributed by atoms with Gasteiger partial charge in [0.15, 0.2) is 0 Å². The molecule has 0 rings (SSSR count). The van der Waals surface area contributed by atoms with Crippen molar-refractivity contribution >= 4 is 0 Å². The molecule has 0 fully saturated rings. The number of alkyl halides is 3. The summed E-state index contributed by atoms with van der Waals surface area (Å²) >= 11 is 0. The predicted octanol–water partition coefficient (Wildman–Crippen LogP) is 3.66. The van der Waals surface area contributed by atoms with Gasteiger partial charge in [-0.3, -0.25) is 4.39 Å². The SMILES string of the molecule is CC(CF)CCC(C)(C)C(F)F. The third-order valence-corrected chi connectivity index (χ3v) is 2.14. The molecule has 0 aliphatic heterocycles. The molecule has 0 aliphatic rings. The maximum atomic E-state index is 12.3. The molecule has 0 spiro atoms. The first kappa shape index (κ1) is 11.8. The molecule has 0 radical (unpaired) electrons. The lowest BCUT2D eigenvalue weighted by atomic mass is 9.86. The molecule has 0 N–H and O–H groups in total. The highest BCUT2D eigenvalue weighted by Crippen LogP contribution is 2.31. The van der Waals surface area contributed by atoms with Gasteiger partial charge in [0.05, 0.1) is 6.67 Å². The zero-order valence-electron chi connectivity index (χ0n) is 7.91. The minimum atomic E-state index is -2.32. The van der Waals surface area contributed by atoms with Gasteiger partial charge in [0.25, 0.3) is 0 Å². The van der Waals surface area contributed by atoms with Gasteiger partial charge in [0.1, 0.15) is 0 Å². The summed E-state index contributed by atoms with van der Waals surface area (Å²) in [6.45, 7) is 4.35. The van der Waals surface area contributed by atoms with Crippen LogP contribution in [0.25, 0.3) is 0 Å². The van der Waals surface area contributed by atoms with E-state index < -0.39 is 18.5 Å². The molecule has 0 saturated heterocycles. The zero-order valence-corrected chi connectivity index (χ0v) is 7.91. The van der Waals surface area contributed by atoms with Crippen LogP contribution in [-0.2, 0) is 0 Å². The highest BCUT2D eigenvalue weighted by Gasteiger charge is 2.29. The fourth-order valence-corrected chi connectivity index (χ4v) is 0.805. The molecule has 0 bridgehead atoms. The van der Waals surface area contributed by atoms with Crippen molar-refractivity contribution in [2.75, 3.05) is 6.67 Å². The van der Waals surface area contributed by atoms with Gasteiger partial charge in [0.2, 0.25) is 6.43 Å². The van der Waals surface area contributed by atoms with Crippen molar-refractivity contribution in [2.45, 2.75) is 40.0 Å². The Kier molecular flexibility index (Phi) is 4.64. The topological polar surface area (TPSA) is 0 Å². The third kappa shape index (κ3) is 3.98. The van der Waals surface area contributed by atoms with E-state index in [0.29, 0.717) is 12.8 Å². The van der Waals surface area contributed by atoms with Gasteiger partial charge >= 0.3 is 0 Å². The molecular weight excluding hydrogens is 165 g/mol. The average molecular weight is 182 g/mol. The van der Waals surface area contributed by atoms with E-state index in [2.05, 4.69) is 0 Å². The Balaban J connectivity index is 3.75. The quantitative estimate of drug-likeness (QED) is 0.608. The van der Waals surface area contributed by atoms with E-state index in [1.165, 1.54) is 13.8 Å². The van der Waals surface area contributed by atoms with Crippen LogP contribution < -0.4 is 0 Å². The van der Waals surface area contributed by atoms with Crippen LogP contribution in [0.1, 0.15) is 33.6 Å². The molecule has 0 aromatic carbocycles. The molecule has 74 valence electrons. The summed E-state index contributed by atoms with van der Waals surface area (Å²) in [5, 5.41) is 0. The van der Waals surface area contributed by atoms with E-state index in [4.69, 9.17) is 0 Å². The van der Waals surface area contributed by atoms with Crippen LogP contribution >= 0.6 is 0 Å². The average Bonchev–Trinajstić information content (AvgIpc) is 2.00. The van der Waals surface area contributed by atoms with Crippen LogP contribution in [0, 0.1) is 11.3 Å². The molecule has 0 aromatic heterocycles. The fraction of sp³-hybridized carbons (Fsp3) is 1.00. The van der Waals surface area contributed by atoms with E-state index in [-0.39, 0.29) is 5.92 Å². The zero-order chi connectivity index (χ0) is 9.78. The van der Waals surface area contributed by atoms with Gasteiger partial charge in [-0.25, -0.2) is 8.78 Å². The van der Waals surface area contributed by atoms with Gasteiger partial charge in [-0.15, -0.1) is 0 Å². The molecule has 3 heteroatoms. The molecule has 0 nitrogen and oxygen atoms in total. The van der Waals surface area contributed by atoms with Crippen LogP contribution in [0.5, 0.6) is 0 Å². The first-order valence-corrected chi connectivity index (χ1v) is 4.24. The minimum absolute atomic E-state index is 0.0944. The number of hydrogen-bond donors (Lipinski definition) is 0. The van der Waals surface area contributed by atoms with E-state index in [1.807, 2.05) is 0 Å². The third-order valence-electron chi connectivity index (χ3n) is 2.14. The number of rotatable bonds is 5. The Bertz CT molecular complexity index is 121. The highest BCUT2D eigenvalue weighted by molar-refractivity contribution is 4.72. The number of hydrogen-bond acceptors (Lipinski definition) is 0. The van der Waals surface area contributed by atoms with E-state index in [1.54, 1.807) is 6.92 Å². The van der Waals surface area contributed by atoms with Gasteiger partial charge in [-0.2, -0.15) is 0 Å². The van der Waals surface area contributed by atoms with E-state index >= 15 is 0 Å². The van der Waals surface area contributed by atoms with Crippen LogP contribution in [0.4, 0.5) is 13.2 Å². The molecule has 0 heterocycles. The Morgan fingerprint density at radius 2 is 1.75 bits per heavy atom. The van der Waals surface area contributed by atoms with Crippen molar-refractivity contribution < 1.29 is 13.2 Å². The van der Waals surface area contributed by atoms with Gasteiger partial charge in [-0.1, -0.05) is 20.8 Å². The summed E-state index contributed by atoms with van der Waals surface area (Å²) in [5.74, 6) is -0.0944. The lowest BCUT2D eigenvalue weighted by Crippen LogP contribution is -2.22. The maximum absolute atomic E-state index is 12.3. The van der Waals surface area contributed by atoms with Gasteiger partial charge < -0.3 is 0 Å². The monoisotopic (exact) mass is 182 g/mol. The highest BCUT2D eigenvalue weighted by atomic mass is 19.3.